The van der Waals surface area contributed by atoms with Crippen molar-refractivity contribution in [1.82, 2.24) is 15.0 Å². The van der Waals surface area contributed by atoms with Crippen molar-refractivity contribution < 1.29 is 48.3 Å². The summed E-state index contributed by atoms with van der Waals surface area (Å²) in [6.45, 7) is 0.0749. The number of Topliss-reactive ketones (excluding diaryl/α,β-unsaturated/α-hetero) is 2. The highest BCUT2D eigenvalue weighted by molar-refractivity contribution is 7.21. The van der Waals surface area contributed by atoms with Gasteiger partial charge in [-0.05, 0) is 35.0 Å². The highest BCUT2D eigenvalue weighted by Crippen LogP contribution is 2.38. The van der Waals surface area contributed by atoms with Gasteiger partial charge < -0.3 is 29.2 Å². The molecule has 13 nitrogen and oxygen atoms in total. The molecule has 0 amide bonds. The topological polar surface area (TPSA) is 176 Å². The number of ether oxygens (including phenoxy) is 4. The molecular formula is C30H27N3O10S2. The second-order valence-corrected chi connectivity index (χ2v) is 11.9. The van der Waals surface area contributed by atoms with Crippen molar-refractivity contribution in [3.8, 4) is 23.0 Å². The summed E-state index contributed by atoms with van der Waals surface area (Å²) in [5.41, 5.74) is 0.514. The number of benzene rings is 2. The summed E-state index contributed by atoms with van der Waals surface area (Å²) in [6, 6.07) is 10.4. The van der Waals surface area contributed by atoms with E-state index in [1.54, 1.807) is 42.6 Å². The molecule has 0 fully saturated rings. The summed E-state index contributed by atoms with van der Waals surface area (Å²) < 4.78 is 25.9. The van der Waals surface area contributed by atoms with Crippen LogP contribution < -0.4 is 18.9 Å². The van der Waals surface area contributed by atoms with Crippen LogP contribution in [-0.4, -0.2) is 62.9 Å². The molecular weight excluding hydrogens is 626 g/mol. The number of carbonyl (C=O) groups excluding carboxylic acids is 2. The van der Waals surface area contributed by atoms with Gasteiger partial charge >= 0.3 is 11.9 Å². The molecule has 0 radical (unpaired) electrons. The summed E-state index contributed by atoms with van der Waals surface area (Å²) in [5, 5.41) is 27.5. The Morgan fingerprint density at radius 2 is 1.22 bits per heavy atom. The second-order valence-electron chi connectivity index (χ2n) is 9.75. The number of rotatable bonds is 16. The molecule has 5 rings (SSSR count). The molecule has 0 atom stereocenters. The molecule has 45 heavy (non-hydrogen) atoms. The van der Waals surface area contributed by atoms with Crippen molar-refractivity contribution in [3.63, 3.8) is 0 Å². The van der Waals surface area contributed by atoms with Crippen LogP contribution >= 0.6 is 22.7 Å². The van der Waals surface area contributed by atoms with Crippen LogP contribution in [-0.2, 0) is 22.9 Å². The van der Waals surface area contributed by atoms with Gasteiger partial charge in [0.2, 0.25) is 0 Å². The number of carboxylic acids is 2. The van der Waals surface area contributed by atoms with Crippen LogP contribution in [0.2, 0.25) is 0 Å². The quantitative estimate of drug-likeness (QED) is 0.129. The van der Waals surface area contributed by atoms with E-state index in [-0.39, 0.29) is 50.6 Å². The molecule has 0 saturated carbocycles. The molecule has 5 aromatic rings. The van der Waals surface area contributed by atoms with E-state index in [0.717, 1.165) is 20.2 Å². The molecule has 0 bridgehead atoms. The van der Waals surface area contributed by atoms with Gasteiger partial charge in [0, 0.05) is 34.4 Å². The van der Waals surface area contributed by atoms with E-state index in [1.807, 2.05) is 0 Å². The molecule has 0 unspecified atom stereocenters. The number of methoxy groups -OCH3 is 2. The van der Waals surface area contributed by atoms with Gasteiger partial charge in [0.15, 0.2) is 41.3 Å². The second kappa shape index (κ2) is 13.7. The minimum Gasteiger partial charge on any atom is -0.493 e. The molecule has 2 N–H and O–H groups in total. The zero-order valence-electron chi connectivity index (χ0n) is 24.1. The Kier molecular flexibility index (Phi) is 9.59. The van der Waals surface area contributed by atoms with Crippen molar-refractivity contribution >= 4 is 66.4 Å². The van der Waals surface area contributed by atoms with E-state index in [4.69, 9.17) is 29.2 Å². The molecule has 15 heteroatoms. The molecule has 0 aliphatic carbocycles. The van der Waals surface area contributed by atoms with Gasteiger partial charge in [-0.15, -0.1) is 27.8 Å². The Morgan fingerprint density at radius 3 is 1.71 bits per heavy atom. The number of aliphatic carboxylic acids is 2. The Balaban J connectivity index is 1.23. The Labute approximate surface area is 263 Å². The van der Waals surface area contributed by atoms with Gasteiger partial charge in [-0.1, -0.05) is 5.21 Å². The number of thiophene rings is 2. The average molecular weight is 654 g/mol. The van der Waals surface area contributed by atoms with E-state index < -0.39 is 11.9 Å². The van der Waals surface area contributed by atoms with Crippen LogP contribution in [0.5, 0.6) is 23.0 Å². The maximum Gasteiger partial charge on any atom is 0.303 e. The van der Waals surface area contributed by atoms with Gasteiger partial charge in [0.1, 0.15) is 12.3 Å². The monoisotopic (exact) mass is 653 g/mol. The number of hydrogen-bond acceptors (Lipinski definition) is 12. The first kappa shape index (κ1) is 31.4. The zero-order valence-corrected chi connectivity index (χ0v) is 25.7. The summed E-state index contributed by atoms with van der Waals surface area (Å²) in [5.74, 6) is -0.734. The van der Waals surface area contributed by atoms with Crippen molar-refractivity contribution in [2.24, 2.45) is 0 Å². The molecule has 234 valence electrons. The van der Waals surface area contributed by atoms with Crippen LogP contribution in [0.25, 0.3) is 20.2 Å². The van der Waals surface area contributed by atoms with Crippen LogP contribution in [0, 0.1) is 0 Å². The van der Waals surface area contributed by atoms with Gasteiger partial charge in [0.25, 0.3) is 0 Å². The summed E-state index contributed by atoms with van der Waals surface area (Å²) in [6.07, 6.45) is 1.05. The van der Waals surface area contributed by atoms with E-state index in [1.165, 1.54) is 41.6 Å². The van der Waals surface area contributed by atoms with Gasteiger partial charge in [0.05, 0.1) is 43.0 Å². The predicted molar refractivity (Wildman–Crippen MR) is 164 cm³/mol. The van der Waals surface area contributed by atoms with Crippen LogP contribution in [0.1, 0.15) is 50.7 Å². The summed E-state index contributed by atoms with van der Waals surface area (Å²) in [4.78, 5) is 47.4. The van der Waals surface area contributed by atoms with Crippen molar-refractivity contribution in [2.75, 3.05) is 14.2 Å². The molecule has 0 aliphatic rings. The number of ketones is 2. The van der Waals surface area contributed by atoms with Crippen LogP contribution in [0.4, 0.5) is 0 Å². The first-order valence-electron chi connectivity index (χ1n) is 13.5. The Hall–Kier alpha value is -5.02. The van der Waals surface area contributed by atoms with Crippen molar-refractivity contribution in [1.29, 1.82) is 0 Å². The summed E-state index contributed by atoms with van der Waals surface area (Å²) in [7, 11) is 3.01. The molecule has 3 aromatic heterocycles. The molecule has 0 saturated heterocycles. The maximum atomic E-state index is 12.4. The lowest BCUT2D eigenvalue weighted by molar-refractivity contribution is -0.137. The smallest absolute Gasteiger partial charge is 0.303 e. The maximum absolute atomic E-state index is 12.4. The Bertz CT molecular complexity index is 1770. The number of carbonyl (C=O) groups is 4. The average Bonchev–Trinajstić information content (AvgIpc) is 3.77. The SMILES string of the molecule is COc1cc2sc(C(=O)CCC(=O)O)cc2cc1OCc1cn(COc2cc3cc(C(=O)CCC(=O)O)sc3cc2OC)nn1. The Morgan fingerprint density at radius 1 is 0.711 bits per heavy atom. The van der Waals surface area contributed by atoms with Gasteiger partial charge in [-0.25, -0.2) is 4.68 Å². The van der Waals surface area contributed by atoms with E-state index in [0.29, 0.717) is 38.4 Å². The number of aromatic nitrogens is 3. The highest BCUT2D eigenvalue weighted by atomic mass is 32.1. The van der Waals surface area contributed by atoms with Crippen molar-refractivity contribution in [2.45, 2.75) is 39.0 Å². The van der Waals surface area contributed by atoms with Crippen LogP contribution in [0.15, 0.2) is 42.6 Å². The molecule has 3 heterocycles. The standard InChI is InChI=1S/C30H27N3O10S2/c1-40-21-11-25-16(9-27(44-25)19(34)3-5-29(36)37)7-23(21)42-14-18-13-33(32-31-18)15-43-24-8-17-10-28(20(35)4-6-30(38)39)45-26(17)12-22(24)41-2/h7-13H,3-6,14-15H2,1-2H3,(H,36,37)(H,38,39). The first-order valence-corrected chi connectivity index (χ1v) is 15.1. The number of carboxylic acid groups (broad SMARTS) is 2. The van der Waals surface area contributed by atoms with E-state index >= 15 is 0 Å². The van der Waals surface area contributed by atoms with E-state index in [9.17, 15) is 19.2 Å². The largest absolute Gasteiger partial charge is 0.493 e. The van der Waals surface area contributed by atoms with E-state index in [2.05, 4.69) is 10.3 Å². The molecule has 0 spiro atoms. The fourth-order valence-electron chi connectivity index (χ4n) is 4.36. The third kappa shape index (κ3) is 7.56. The molecule has 2 aromatic carbocycles. The zero-order chi connectivity index (χ0) is 32.1. The van der Waals surface area contributed by atoms with Crippen molar-refractivity contribution in [3.05, 3.63) is 58.0 Å². The first-order chi connectivity index (χ1) is 21.6. The minimum atomic E-state index is -1.02. The summed E-state index contributed by atoms with van der Waals surface area (Å²) >= 11 is 2.53. The third-order valence-corrected chi connectivity index (χ3v) is 8.88. The number of nitrogens with zero attached hydrogens (tertiary/aromatic N) is 3. The highest BCUT2D eigenvalue weighted by Gasteiger charge is 2.17. The van der Waals surface area contributed by atoms with Crippen LogP contribution in [0.3, 0.4) is 0 Å². The van der Waals surface area contributed by atoms with Gasteiger partial charge in [-0.3, -0.25) is 19.2 Å². The molecule has 0 aliphatic heterocycles. The number of hydrogen-bond donors (Lipinski definition) is 2. The van der Waals surface area contributed by atoms with Gasteiger partial charge in [-0.2, -0.15) is 0 Å². The lowest BCUT2D eigenvalue weighted by Gasteiger charge is -2.10. The fourth-order valence-corrected chi connectivity index (χ4v) is 6.44. The lowest BCUT2D eigenvalue weighted by Crippen LogP contribution is -2.06. The predicted octanol–water partition coefficient (Wildman–Crippen LogP) is 5.44. The number of fused-ring (bicyclic) bond motifs is 2. The third-order valence-electron chi connectivity index (χ3n) is 6.60. The lowest BCUT2D eigenvalue weighted by atomic mass is 10.1. The fraction of sp³-hybridized carbons (Fsp3) is 0.267. The minimum absolute atomic E-state index is 0.00622. The normalized spacial score (nSPS) is 11.1.